The summed E-state index contributed by atoms with van der Waals surface area (Å²) >= 11 is 1.61. The number of carbonyl (C=O) groups is 1. The van der Waals surface area contributed by atoms with Crippen LogP contribution in [0.25, 0.3) is 15.9 Å². The number of nitrogens with one attached hydrogen (secondary N) is 1. The minimum Gasteiger partial charge on any atom is -0.394 e. The molecule has 3 aromatic rings. The third-order valence-corrected chi connectivity index (χ3v) is 6.02. The quantitative estimate of drug-likeness (QED) is 0.708. The van der Waals surface area contributed by atoms with Crippen LogP contribution in [-0.2, 0) is 17.8 Å². The summed E-state index contributed by atoms with van der Waals surface area (Å²) in [4.78, 5) is 23.8. The first-order valence-corrected chi connectivity index (χ1v) is 9.88. The number of ether oxygens (including phenoxy) is 1. The summed E-state index contributed by atoms with van der Waals surface area (Å²) < 4.78 is 7.56. The number of fused-ring (bicyclic) bond motifs is 5. The van der Waals surface area contributed by atoms with E-state index in [1.165, 1.54) is 5.56 Å². The highest BCUT2D eigenvalue weighted by atomic mass is 32.1. The number of aromatic nitrogens is 4. The first-order chi connectivity index (χ1) is 12.8. The summed E-state index contributed by atoms with van der Waals surface area (Å²) in [6, 6.07) is -0.310. The van der Waals surface area contributed by atoms with Gasteiger partial charge < -0.3 is 15.2 Å². The zero-order chi connectivity index (χ0) is 19.3. The smallest absolute Gasteiger partial charge is 0.291 e. The van der Waals surface area contributed by atoms with E-state index in [2.05, 4.69) is 34.2 Å². The second-order valence-corrected chi connectivity index (χ2v) is 8.58. The van der Waals surface area contributed by atoms with Crippen LogP contribution in [-0.4, -0.2) is 48.8 Å². The minimum absolute atomic E-state index is 0.0885. The normalized spacial score (nSPS) is 17.2. The van der Waals surface area contributed by atoms with Gasteiger partial charge in [-0.05, 0) is 32.8 Å². The number of aliphatic hydroxyl groups excluding tert-OH is 1. The lowest BCUT2D eigenvalue weighted by molar-refractivity contribution is -0.0379. The lowest BCUT2D eigenvalue weighted by Gasteiger charge is -2.30. The molecule has 0 radical (unpaired) electrons. The van der Waals surface area contributed by atoms with Crippen molar-refractivity contribution in [1.29, 1.82) is 0 Å². The van der Waals surface area contributed by atoms with Gasteiger partial charge in [0, 0.05) is 11.3 Å². The van der Waals surface area contributed by atoms with Crippen LogP contribution in [0.2, 0.25) is 0 Å². The number of carbonyl (C=O) groups excluding carboxylic acids is 1. The van der Waals surface area contributed by atoms with E-state index in [9.17, 15) is 9.90 Å². The predicted molar refractivity (Wildman–Crippen MR) is 102 cm³/mol. The lowest BCUT2D eigenvalue weighted by Crippen LogP contribution is -2.37. The van der Waals surface area contributed by atoms with Crippen molar-refractivity contribution in [3.8, 4) is 0 Å². The average Bonchev–Trinajstić information content (AvgIpc) is 3.20. The second kappa shape index (κ2) is 6.50. The zero-order valence-electron chi connectivity index (χ0n) is 15.9. The number of rotatable bonds is 4. The largest absolute Gasteiger partial charge is 0.394 e. The summed E-state index contributed by atoms with van der Waals surface area (Å²) in [5.74, 6) is 0.377. The third-order valence-electron chi connectivity index (χ3n) is 4.92. The molecule has 0 unspecified atom stereocenters. The van der Waals surface area contributed by atoms with Gasteiger partial charge in [0.15, 0.2) is 5.65 Å². The number of amides is 1. The standard InChI is InChI=1S/C18H23N5O3S/c1-5-10(7-24)20-16(25)14-21-15-13-11-6-18(3,4)26-8-12(11)27-17(13)19-9(2)23(15)22-14/h10,24H,5-8H2,1-4H3,(H,20,25)/t10-/m0/s1. The lowest BCUT2D eigenvalue weighted by atomic mass is 9.94. The van der Waals surface area contributed by atoms with Gasteiger partial charge in [-0.15, -0.1) is 16.4 Å². The number of hydrogen-bond acceptors (Lipinski definition) is 7. The molecule has 0 aromatic carbocycles. The van der Waals surface area contributed by atoms with Crippen LogP contribution in [0, 0.1) is 6.92 Å². The van der Waals surface area contributed by atoms with Gasteiger partial charge in [-0.25, -0.2) is 9.97 Å². The predicted octanol–water partition coefficient (Wildman–Crippen LogP) is 2.00. The van der Waals surface area contributed by atoms with E-state index < -0.39 is 0 Å². The molecule has 144 valence electrons. The number of aliphatic hydroxyl groups is 1. The SMILES string of the molecule is CC[C@@H](CO)NC(=O)c1nc2c3c4c(sc3nc(C)n2n1)COC(C)(C)C4. The molecule has 27 heavy (non-hydrogen) atoms. The maximum atomic E-state index is 12.5. The molecule has 9 heteroatoms. The van der Waals surface area contributed by atoms with Gasteiger partial charge in [0.05, 0.1) is 30.2 Å². The molecule has 0 aliphatic carbocycles. The molecule has 1 atom stereocenters. The van der Waals surface area contributed by atoms with E-state index in [0.29, 0.717) is 24.5 Å². The van der Waals surface area contributed by atoms with E-state index in [4.69, 9.17) is 4.74 Å². The Hall–Kier alpha value is -2.10. The Morgan fingerprint density at radius 3 is 2.93 bits per heavy atom. The van der Waals surface area contributed by atoms with Crippen molar-refractivity contribution in [3.05, 3.63) is 22.1 Å². The highest BCUT2D eigenvalue weighted by Gasteiger charge is 2.31. The summed E-state index contributed by atoms with van der Waals surface area (Å²) in [6.07, 6.45) is 1.40. The summed E-state index contributed by atoms with van der Waals surface area (Å²) in [6.45, 7) is 8.33. The Morgan fingerprint density at radius 2 is 2.22 bits per heavy atom. The highest BCUT2D eigenvalue weighted by Crippen LogP contribution is 2.39. The molecule has 3 aromatic heterocycles. The molecule has 0 saturated carbocycles. The van der Waals surface area contributed by atoms with Crippen molar-refractivity contribution in [2.45, 2.75) is 58.8 Å². The Labute approximate surface area is 160 Å². The van der Waals surface area contributed by atoms with Crippen LogP contribution < -0.4 is 5.32 Å². The van der Waals surface area contributed by atoms with E-state index >= 15 is 0 Å². The molecule has 4 rings (SSSR count). The maximum Gasteiger partial charge on any atom is 0.291 e. The van der Waals surface area contributed by atoms with Gasteiger partial charge in [-0.3, -0.25) is 4.79 Å². The first kappa shape index (κ1) is 18.3. The van der Waals surface area contributed by atoms with E-state index in [0.717, 1.165) is 21.5 Å². The Kier molecular flexibility index (Phi) is 4.40. The van der Waals surface area contributed by atoms with Crippen LogP contribution >= 0.6 is 11.3 Å². The monoisotopic (exact) mass is 389 g/mol. The van der Waals surface area contributed by atoms with Gasteiger partial charge in [0.2, 0.25) is 5.82 Å². The van der Waals surface area contributed by atoms with Crippen LogP contribution in [0.3, 0.4) is 0 Å². The molecule has 1 amide bonds. The topological polar surface area (TPSA) is 102 Å². The second-order valence-electron chi connectivity index (χ2n) is 7.50. The van der Waals surface area contributed by atoms with Gasteiger partial charge in [0.1, 0.15) is 10.7 Å². The van der Waals surface area contributed by atoms with Crippen LogP contribution in [0.5, 0.6) is 0 Å². The molecule has 2 N–H and O–H groups in total. The molecule has 0 spiro atoms. The molecule has 4 heterocycles. The molecule has 1 aliphatic rings. The molecular weight excluding hydrogens is 366 g/mol. The van der Waals surface area contributed by atoms with Crippen molar-refractivity contribution in [1.82, 2.24) is 24.9 Å². The van der Waals surface area contributed by atoms with Crippen LogP contribution in [0.1, 0.15) is 54.1 Å². The molecule has 0 bridgehead atoms. The van der Waals surface area contributed by atoms with Gasteiger partial charge in [-0.1, -0.05) is 6.92 Å². The molecule has 0 saturated heterocycles. The molecule has 0 fully saturated rings. The fourth-order valence-electron chi connectivity index (χ4n) is 3.37. The van der Waals surface area contributed by atoms with Crippen LogP contribution in [0.15, 0.2) is 0 Å². The van der Waals surface area contributed by atoms with Gasteiger partial charge in [0.25, 0.3) is 5.91 Å². The van der Waals surface area contributed by atoms with Crippen molar-refractivity contribution in [3.63, 3.8) is 0 Å². The first-order valence-electron chi connectivity index (χ1n) is 9.06. The maximum absolute atomic E-state index is 12.5. The van der Waals surface area contributed by atoms with E-state index in [1.54, 1.807) is 15.9 Å². The minimum atomic E-state index is -0.389. The summed E-state index contributed by atoms with van der Waals surface area (Å²) in [5.41, 5.74) is 1.58. The molecule has 1 aliphatic heterocycles. The Bertz CT molecular complexity index is 1030. The number of thiophene rings is 1. The summed E-state index contributed by atoms with van der Waals surface area (Å²) in [5, 5.41) is 17.4. The third kappa shape index (κ3) is 3.09. The Balaban J connectivity index is 1.85. The van der Waals surface area contributed by atoms with Crippen molar-refractivity contribution in [2.24, 2.45) is 0 Å². The zero-order valence-corrected chi connectivity index (χ0v) is 16.7. The van der Waals surface area contributed by atoms with Crippen molar-refractivity contribution in [2.75, 3.05) is 6.61 Å². The number of aryl methyl sites for hydroxylation is 1. The molecule has 8 nitrogen and oxygen atoms in total. The van der Waals surface area contributed by atoms with E-state index in [-0.39, 0.29) is 30.0 Å². The van der Waals surface area contributed by atoms with Gasteiger partial charge >= 0.3 is 0 Å². The van der Waals surface area contributed by atoms with E-state index in [1.807, 2.05) is 13.8 Å². The molecular formula is C18H23N5O3S. The van der Waals surface area contributed by atoms with Crippen molar-refractivity contribution < 1.29 is 14.6 Å². The number of hydrogen-bond donors (Lipinski definition) is 2. The number of nitrogens with zero attached hydrogens (tertiary/aromatic N) is 4. The highest BCUT2D eigenvalue weighted by molar-refractivity contribution is 7.19. The Morgan fingerprint density at radius 1 is 1.44 bits per heavy atom. The van der Waals surface area contributed by atoms with Crippen molar-refractivity contribution >= 4 is 33.1 Å². The fourth-order valence-corrected chi connectivity index (χ4v) is 4.51. The van der Waals surface area contributed by atoms with Crippen LogP contribution in [0.4, 0.5) is 0 Å². The fraction of sp³-hybridized carbons (Fsp3) is 0.556. The average molecular weight is 389 g/mol. The summed E-state index contributed by atoms with van der Waals surface area (Å²) in [7, 11) is 0. The van der Waals surface area contributed by atoms with Gasteiger partial charge in [-0.2, -0.15) is 4.52 Å².